The summed E-state index contributed by atoms with van der Waals surface area (Å²) in [4.78, 5) is 15.6. The van der Waals surface area contributed by atoms with Crippen molar-refractivity contribution in [2.24, 2.45) is 0 Å². The Kier molecular flexibility index (Phi) is 2.79. The number of benzene rings is 2. The number of carboxylic acids is 1. The van der Waals surface area contributed by atoms with Crippen LogP contribution in [0.25, 0.3) is 22.6 Å². The molecule has 0 aliphatic heterocycles. The van der Waals surface area contributed by atoms with Crippen LogP contribution in [-0.2, 0) is 0 Å². The van der Waals surface area contributed by atoms with Gasteiger partial charge in [0.05, 0.1) is 0 Å². The lowest BCUT2D eigenvalue weighted by molar-refractivity contribution is 0.0698. The van der Waals surface area contributed by atoms with Crippen LogP contribution in [0.1, 0.15) is 21.5 Å². The summed E-state index contributed by atoms with van der Waals surface area (Å²) in [5.74, 6) is -0.561. The van der Waals surface area contributed by atoms with Crippen molar-refractivity contribution in [3.05, 3.63) is 53.1 Å². The normalized spacial score (nSPS) is 10.9. The summed E-state index contributed by atoms with van der Waals surface area (Å²) < 4.78 is 5.69. The molecule has 0 atom stereocenters. The van der Waals surface area contributed by atoms with Gasteiger partial charge in [0.25, 0.3) is 0 Å². The number of carboxylic acid groups (broad SMARTS) is 1. The van der Waals surface area contributed by atoms with Gasteiger partial charge in [-0.3, -0.25) is 0 Å². The number of carbonyl (C=O) groups is 1. The highest BCUT2D eigenvalue weighted by Crippen LogP contribution is 2.29. The zero-order valence-electron chi connectivity index (χ0n) is 11.2. The van der Waals surface area contributed by atoms with Gasteiger partial charge in [-0.05, 0) is 43.2 Å². The Balaban J connectivity index is 2.26. The van der Waals surface area contributed by atoms with E-state index in [1.165, 1.54) is 6.07 Å². The Morgan fingerprint density at radius 3 is 2.65 bits per heavy atom. The highest BCUT2D eigenvalue weighted by Gasteiger charge is 2.16. The predicted molar refractivity (Wildman–Crippen MR) is 75.9 cm³/mol. The summed E-state index contributed by atoms with van der Waals surface area (Å²) in [6.07, 6.45) is 0. The molecule has 0 aliphatic carbocycles. The van der Waals surface area contributed by atoms with Crippen molar-refractivity contribution in [3.63, 3.8) is 0 Å². The SMILES string of the molecule is Cc1cccc(-c2nc3cccc(C(=O)O)c3o2)c1C. The Bertz CT molecular complexity index is 818. The molecule has 0 radical (unpaired) electrons. The van der Waals surface area contributed by atoms with E-state index in [2.05, 4.69) is 4.98 Å². The third kappa shape index (κ3) is 1.86. The van der Waals surface area contributed by atoms with Gasteiger partial charge in [0.15, 0.2) is 5.58 Å². The molecule has 1 N–H and O–H groups in total. The van der Waals surface area contributed by atoms with Crippen LogP contribution in [0.4, 0.5) is 0 Å². The van der Waals surface area contributed by atoms with E-state index in [-0.39, 0.29) is 5.56 Å². The van der Waals surface area contributed by atoms with Crippen LogP contribution in [0.2, 0.25) is 0 Å². The number of aromatic carboxylic acids is 1. The fourth-order valence-electron chi connectivity index (χ4n) is 2.22. The summed E-state index contributed by atoms with van der Waals surface area (Å²) in [6.45, 7) is 4.02. The molecule has 4 heteroatoms. The van der Waals surface area contributed by atoms with Crippen LogP contribution in [0, 0.1) is 13.8 Å². The summed E-state index contributed by atoms with van der Waals surface area (Å²) in [7, 11) is 0. The highest BCUT2D eigenvalue weighted by molar-refractivity contribution is 6.00. The maximum absolute atomic E-state index is 11.2. The standard InChI is InChI=1S/C16H13NO3/c1-9-5-3-6-11(10(9)2)15-17-13-8-4-7-12(16(18)19)14(13)20-15/h3-8H,1-2H3,(H,18,19). The Labute approximate surface area is 115 Å². The molecule has 0 fully saturated rings. The molecular formula is C16H13NO3. The average molecular weight is 267 g/mol. The van der Waals surface area contributed by atoms with Crippen LogP contribution >= 0.6 is 0 Å². The van der Waals surface area contributed by atoms with Crippen LogP contribution in [-0.4, -0.2) is 16.1 Å². The molecule has 0 saturated carbocycles. The molecule has 0 bridgehead atoms. The fourth-order valence-corrected chi connectivity index (χ4v) is 2.22. The molecule has 2 aromatic carbocycles. The first-order valence-electron chi connectivity index (χ1n) is 6.27. The third-order valence-electron chi connectivity index (χ3n) is 3.48. The lowest BCUT2D eigenvalue weighted by atomic mass is 10.0. The molecule has 0 unspecified atom stereocenters. The summed E-state index contributed by atoms with van der Waals surface area (Å²) in [5.41, 5.74) is 4.11. The molecule has 3 aromatic rings. The Morgan fingerprint density at radius 1 is 1.15 bits per heavy atom. The third-order valence-corrected chi connectivity index (χ3v) is 3.48. The van der Waals surface area contributed by atoms with Gasteiger partial charge in [-0.2, -0.15) is 0 Å². The molecule has 0 spiro atoms. The van der Waals surface area contributed by atoms with Crippen molar-refractivity contribution in [1.29, 1.82) is 0 Å². The zero-order chi connectivity index (χ0) is 14.3. The maximum Gasteiger partial charge on any atom is 0.339 e. The number of rotatable bonds is 2. The van der Waals surface area contributed by atoms with E-state index in [4.69, 9.17) is 4.42 Å². The minimum atomic E-state index is -1.01. The van der Waals surface area contributed by atoms with E-state index in [0.717, 1.165) is 16.7 Å². The second-order valence-electron chi connectivity index (χ2n) is 4.73. The van der Waals surface area contributed by atoms with Crippen LogP contribution in [0.5, 0.6) is 0 Å². The molecule has 4 nitrogen and oxygen atoms in total. The number of hydrogen-bond donors (Lipinski definition) is 1. The molecule has 20 heavy (non-hydrogen) atoms. The van der Waals surface area contributed by atoms with Crippen LogP contribution in [0.3, 0.4) is 0 Å². The molecule has 0 aliphatic rings. The van der Waals surface area contributed by atoms with E-state index in [0.29, 0.717) is 17.0 Å². The summed E-state index contributed by atoms with van der Waals surface area (Å²) >= 11 is 0. The zero-order valence-corrected chi connectivity index (χ0v) is 11.2. The van der Waals surface area contributed by atoms with E-state index in [1.54, 1.807) is 12.1 Å². The smallest absolute Gasteiger partial charge is 0.339 e. The minimum Gasteiger partial charge on any atom is -0.478 e. The van der Waals surface area contributed by atoms with Crippen molar-refractivity contribution in [2.45, 2.75) is 13.8 Å². The van der Waals surface area contributed by atoms with Crippen LogP contribution < -0.4 is 0 Å². The van der Waals surface area contributed by atoms with Crippen molar-refractivity contribution < 1.29 is 14.3 Å². The molecule has 0 amide bonds. The molecule has 1 aromatic heterocycles. The predicted octanol–water partition coefficient (Wildman–Crippen LogP) is 3.81. The number of hydrogen-bond acceptors (Lipinski definition) is 3. The highest BCUT2D eigenvalue weighted by atomic mass is 16.4. The average Bonchev–Trinajstić information content (AvgIpc) is 2.84. The van der Waals surface area contributed by atoms with Gasteiger partial charge < -0.3 is 9.52 Å². The Morgan fingerprint density at radius 2 is 1.90 bits per heavy atom. The van der Waals surface area contributed by atoms with Crippen molar-refractivity contribution >= 4 is 17.1 Å². The van der Waals surface area contributed by atoms with E-state index >= 15 is 0 Å². The number of para-hydroxylation sites is 1. The van der Waals surface area contributed by atoms with E-state index in [9.17, 15) is 9.90 Å². The van der Waals surface area contributed by atoms with Gasteiger partial charge in [-0.25, -0.2) is 9.78 Å². The van der Waals surface area contributed by atoms with Crippen LogP contribution in [0.15, 0.2) is 40.8 Å². The van der Waals surface area contributed by atoms with Gasteiger partial charge in [0.1, 0.15) is 11.1 Å². The molecule has 1 heterocycles. The summed E-state index contributed by atoms with van der Waals surface area (Å²) in [5, 5.41) is 9.17. The first-order chi connectivity index (χ1) is 9.58. The van der Waals surface area contributed by atoms with Crippen molar-refractivity contribution in [1.82, 2.24) is 4.98 Å². The van der Waals surface area contributed by atoms with E-state index < -0.39 is 5.97 Å². The maximum atomic E-state index is 11.2. The quantitative estimate of drug-likeness (QED) is 0.766. The number of aryl methyl sites for hydroxylation is 1. The molecule has 3 rings (SSSR count). The lowest BCUT2D eigenvalue weighted by Gasteiger charge is -2.03. The summed E-state index contributed by atoms with van der Waals surface area (Å²) in [6, 6.07) is 10.8. The van der Waals surface area contributed by atoms with Gasteiger partial charge in [-0.1, -0.05) is 18.2 Å². The van der Waals surface area contributed by atoms with Gasteiger partial charge in [0.2, 0.25) is 5.89 Å². The molecular weight excluding hydrogens is 254 g/mol. The first-order valence-corrected chi connectivity index (χ1v) is 6.27. The van der Waals surface area contributed by atoms with Crippen molar-refractivity contribution in [3.8, 4) is 11.5 Å². The number of aromatic nitrogens is 1. The minimum absolute atomic E-state index is 0.131. The largest absolute Gasteiger partial charge is 0.478 e. The molecule has 100 valence electrons. The number of nitrogens with zero attached hydrogens (tertiary/aromatic N) is 1. The first kappa shape index (κ1) is 12.4. The van der Waals surface area contributed by atoms with E-state index in [1.807, 2.05) is 32.0 Å². The van der Waals surface area contributed by atoms with Crippen molar-refractivity contribution in [2.75, 3.05) is 0 Å². The molecule has 0 saturated heterocycles. The topological polar surface area (TPSA) is 63.3 Å². The monoisotopic (exact) mass is 267 g/mol. The van der Waals surface area contributed by atoms with Gasteiger partial charge in [0, 0.05) is 5.56 Å². The second kappa shape index (κ2) is 4.49. The number of fused-ring (bicyclic) bond motifs is 1. The number of oxazole rings is 1. The van der Waals surface area contributed by atoms with Gasteiger partial charge in [-0.15, -0.1) is 0 Å². The fraction of sp³-hybridized carbons (Fsp3) is 0.125. The lowest BCUT2D eigenvalue weighted by Crippen LogP contribution is -1.95. The Hall–Kier alpha value is -2.62. The van der Waals surface area contributed by atoms with Gasteiger partial charge >= 0.3 is 5.97 Å². The second-order valence-corrected chi connectivity index (χ2v) is 4.73.